The molecule has 7 nitrogen and oxygen atoms in total. The predicted octanol–water partition coefficient (Wildman–Crippen LogP) is 0.333. The van der Waals surface area contributed by atoms with Crippen LogP contribution in [0.4, 0.5) is 0 Å². The summed E-state index contributed by atoms with van der Waals surface area (Å²) < 4.78 is 2.10. The Morgan fingerprint density at radius 3 is 2.77 bits per heavy atom. The van der Waals surface area contributed by atoms with E-state index in [-0.39, 0.29) is 12.2 Å². The SMILES string of the molecule is CSCc1nc(CNC(=O)c2cc(=O)n(C)c(=O)n2C)cs1. The van der Waals surface area contributed by atoms with E-state index in [0.717, 1.165) is 31.7 Å². The lowest BCUT2D eigenvalue weighted by atomic mass is 10.3. The van der Waals surface area contributed by atoms with Gasteiger partial charge in [-0.15, -0.1) is 11.3 Å². The van der Waals surface area contributed by atoms with Crippen LogP contribution in [0.3, 0.4) is 0 Å². The number of nitrogens with one attached hydrogen (secondary N) is 1. The first-order valence-electron chi connectivity index (χ1n) is 6.41. The molecule has 1 N–H and O–H groups in total. The first-order valence-corrected chi connectivity index (χ1v) is 8.69. The third kappa shape index (κ3) is 3.47. The summed E-state index contributed by atoms with van der Waals surface area (Å²) in [7, 11) is 2.82. The largest absolute Gasteiger partial charge is 0.345 e. The van der Waals surface area contributed by atoms with Crippen molar-refractivity contribution in [2.45, 2.75) is 12.3 Å². The van der Waals surface area contributed by atoms with Gasteiger partial charge in [-0.1, -0.05) is 0 Å². The Balaban J connectivity index is 2.12. The molecule has 2 aromatic rings. The lowest BCUT2D eigenvalue weighted by molar-refractivity contribution is 0.0940. The molecular weight excluding hydrogens is 324 g/mol. The zero-order valence-electron chi connectivity index (χ0n) is 12.5. The van der Waals surface area contributed by atoms with Gasteiger partial charge in [-0.05, 0) is 6.26 Å². The zero-order valence-corrected chi connectivity index (χ0v) is 14.1. The Kier molecular flexibility index (Phi) is 5.19. The van der Waals surface area contributed by atoms with Crippen LogP contribution in [0.2, 0.25) is 0 Å². The van der Waals surface area contributed by atoms with Gasteiger partial charge in [0.1, 0.15) is 10.7 Å². The van der Waals surface area contributed by atoms with Crippen molar-refractivity contribution in [2.75, 3.05) is 6.26 Å². The summed E-state index contributed by atoms with van der Waals surface area (Å²) in [5, 5.41) is 5.56. The van der Waals surface area contributed by atoms with Gasteiger partial charge in [0.2, 0.25) is 0 Å². The molecule has 2 rings (SSSR count). The van der Waals surface area contributed by atoms with Crippen LogP contribution >= 0.6 is 23.1 Å². The number of thiazole rings is 1. The summed E-state index contributed by atoms with van der Waals surface area (Å²) in [6.07, 6.45) is 2.00. The summed E-state index contributed by atoms with van der Waals surface area (Å²) in [6, 6.07) is 1.15. The zero-order chi connectivity index (χ0) is 16.3. The molecule has 0 bridgehead atoms. The number of carbonyl (C=O) groups excluding carboxylic acids is 1. The molecular formula is C13H16N4O3S2. The topological polar surface area (TPSA) is 86.0 Å². The Labute approximate surface area is 135 Å². The predicted molar refractivity (Wildman–Crippen MR) is 87.4 cm³/mol. The minimum atomic E-state index is -0.534. The molecule has 9 heteroatoms. The van der Waals surface area contributed by atoms with E-state index < -0.39 is 17.2 Å². The van der Waals surface area contributed by atoms with Crippen molar-refractivity contribution in [3.8, 4) is 0 Å². The van der Waals surface area contributed by atoms with Crippen LogP contribution in [-0.2, 0) is 26.4 Å². The number of amides is 1. The monoisotopic (exact) mass is 340 g/mol. The van der Waals surface area contributed by atoms with Crippen LogP contribution in [0.1, 0.15) is 21.2 Å². The highest BCUT2D eigenvalue weighted by Crippen LogP contribution is 2.14. The van der Waals surface area contributed by atoms with Gasteiger partial charge in [0.25, 0.3) is 11.5 Å². The Bertz CT molecular complexity index is 806. The van der Waals surface area contributed by atoms with E-state index in [1.54, 1.807) is 11.8 Å². The summed E-state index contributed by atoms with van der Waals surface area (Å²) in [4.78, 5) is 39.9. The van der Waals surface area contributed by atoms with Gasteiger partial charge in [-0.3, -0.25) is 18.7 Å². The van der Waals surface area contributed by atoms with E-state index in [1.165, 1.54) is 25.4 Å². The van der Waals surface area contributed by atoms with E-state index in [1.807, 2.05) is 11.6 Å². The van der Waals surface area contributed by atoms with Crippen molar-refractivity contribution < 1.29 is 4.79 Å². The second-order valence-electron chi connectivity index (χ2n) is 4.62. The van der Waals surface area contributed by atoms with Crippen molar-refractivity contribution in [1.29, 1.82) is 0 Å². The summed E-state index contributed by atoms with van der Waals surface area (Å²) >= 11 is 3.22. The van der Waals surface area contributed by atoms with Gasteiger partial charge >= 0.3 is 5.69 Å². The fourth-order valence-electron chi connectivity index (χ4n) is 1.83. The van der Waals surface area contributed by atoms with Crippen LogP contribution < -0.4 is 16.6 Å². The molecule has 22 heavy (non-hydrogen) atoms. The van der Waals surface area contributed by atoms with Gasteiger partial charge < -0.3 is 5.32 Å². The van der Waals surface area contributed by atoms with Crippen molar-refractivity contribution in [3.63, 3.8) is 0 Å². The lowest BCUT2D eigenvalue weighted by Crippen LogP contribution is -2.41. The number of thioether (sulfide) groups is 1. The van der Waals surface area contributed by atoms with E-state index in [0.29, 0.717) is 0 Å². The van der Waals surface area contributed by atoms with E-state index in [9.17, 15) is 14.4 Å². The molecule has 2 aromatic heterocycles. The number of hydrogen-bond donors (Lipinski definition) is 1. The number of carbonyl (C=O) groups is 1. The molecule has 0 aliphatic heterocycles. The number of rotatable bonds is 5. The molecule has 1 amide bonds. The molecule has 0 aromatic carbocycles. The molecule has 118 valence electrons. The minimum absolute atomic E-state index is 0.0349. The molecule has 0 atom stereocenters. The van der Waals surface area contributed by atoms with E-state index >= 15 is 0 Å². The maximum atomic E-state index is 12.1. The molecule has 0 radical (unpaired) electrons. The Hall–Kier alpha value is -1.87. The number of hydrogen-bond acceptors (Lipinski definition) is 6. The maximum Gasteiger partial charge on any atom is 0.331 e. The van der Waals surface area contributed by atoms with Crippen LogP contribution in [0.15, 0.2) is 21.0 Å². The summed E-state index contributed by atoms with van der Waals surface area (Å²) in [5.74, 6) is 0.360. The normalized spacial score (nSPS) is 10.7. The highest BCUT2D eigenvalue weighted by molar-refractivity contribution is 7.97. The van der Waals surface area contributed by atoms with Crippen LogP contribution in [0, 0.1) is 0 Å². The molecule has 2 heterocycles. The first kappa shape index (κ1) is 16.5. The van der Waals surface area contributed by atoms with Crippen LogP contribution in [0.5, 0.6) is 0 Å². The molecule has 0 aliphatic rings. The van der Waals surface area contributed by atoms with Gasteiger partial charge in [0.05, 0.1) is 12.2 Å². The van der Waals surface area contributed by atoms with Crippen LogP contribution in [0.25, 0.3) is 0 Å². The fraction of sp³-hybridized carbons (Fsp3) is 0.385. The van der Waals surface area contributed by atoms with E-state index in [4.69, 9.17) is 0 Å². The van der Waals surface area contributed by atoms with Crippen molar-refractivity contribution in [2.24, 2.45) is 14.1 Å². The highest BCUT2D eigenvalue weighted by atomic mass is 32.2. The molecule has 0 saturated heterocycles. The summed E-state index contributed by atoms with van der Waals surface area (Å²) in [5.41, 5.74) is -0.248. The second kappa shape index (κ2) is 6.93. The average molecular weight is 340 g/mol. The lowest BCUT2D eigenvalue weighted by Gasteiger charge is -2.09. The average Bonchev–Trinajstić information content (AvgIpc) is 2.94. The fourth-order valence-corrected chi connectivity index (χ4v) is 3.35. The summed E-state index contributed by atoms with van der Waals surface area (Å²) in [6.45, 7) is 0.257. The van der Waals surface area contributed by atoms with E-state index in [2.05, 4.69) is 10.3 Å². The Morgan fingerprint density at radius 1 is 1.36 bits per heavy atom. The quantitative estimate of drug-likeness (QED) is 0.848. The van der Waals surface area contributed by atoms with Gasteiger partial charge in [0, 0.05) is 31.3 Å². The van der Waals surface area contributed by atoms with Crippen molar-refractivity contribution in [1.82, 2.24) is 19.4 Å². The van der Waals surface area contributed by atoms with Crippen LogP contribution in [-0.4, -0.2) is 26.3 Å². The second-order valence-corrected chi connectivity index (χ2v) is 6.43. The third-order valence-corrected chi connectivity index (χ3v) is 4.70. The Morgan fingerprint density at radius 2 is 2.09 bits per heavy atom. The smallest absolute Gasteiger partial charge is 0.331 e. The minimum Gasteiger partial charge on any atom is -0.345 e. The van der Waals surface area contributed by atoms with Crippen molar-refractivity contribution in [3.05, 3.63) is 48.7 Å². The van der Waals surface area contributed by atoms with Gasteiger partial charge in [-0.2, -0.15) is 11.8 Å². The first-order chi connectivity index (χ1) is 10.4. The molecule has 0 saturated carbocycles. The van der Waals surface area contributed by atoms with Gasteiger partial charge in [-0.25, -0.2) is 9.78 Å². The molecule has 0 aliphatic carbocycles. The van der Waals surface area contributed by atoms with Gasteiger partial charge in [0.15, 0.2) is 0 Å². The number of aromatic nitrogens is 3. The maximum absolute atomic E-state index is 12.1. The van der Waals surface area contributed by atoms with Crippen molar-refractivity contribution >= 4 is 29.0 Å². The highest BCUT2D eigenvalue weighted by Gasteiger charge is 2.13. The molecule has 0 spiro atoms. The third-order valence-electron chi connectivity index (χ3n) is 3.06. The molecule has 0 unspecified atom stereocenters. The number of nitrogens with zero attached hydrogens (tertiary/aromatic N) is 3. The standard InChI is InChI=1S/C13H16N4O3S2/c1-16-9(4-11(18)17(2)13(16)20)12(19)14-5-8-6-22-10(15-8)7-21-3/h4,6H,5,7H2,1-3H3,(H,14,19). The molecule has 0 fully saturated rings.